The number of anilines is 1. The summed E-state index contributed by atoms with van der Waals surface area (Å²) in [4.78, 5) is 5.34. The third-order valence-corrected chi connectivity index (χ3v) is 4.42. The number of nitrogens with two attached hydrogens (primary N) is 1. The van der Waals surface area contributed by atoms with E-state index in [1.54, 1.807) is 0 Å². The molecule has 0 saturated heterocycles. The number of hydrogen-bond donors (Lipinski definition) is 1. The molecule has 0 aliphatic heterocycles. The zero-order valence-corrected chi connectivity index (χ0v) is 10.9. The molecule has 2 heterocycles. The predicted octanol–water partition coefficient (Wildman–Crippen LogP) is 3.07. The molecule has 0 spiro atoms. The average Bonchev–Trinajstić information content (AvgIpc) is 3.00. The van der Waals surface area contributed by atoms with E-state index in [2.05, 4.69) is 28.3 Å². The highest BCUT2D eigenvalue weighted by Crippen LogP contribution is 2.39. The van der Waals surface area contributed by atoms with Gasteiger partial charge in [-0.15, -0.1) is 11.3 Å². The van der Waals surface area contributed by atoms with Crippen molar-refractivity contribution in [2.45, 2.75) is 12.3 Å². The molecule has 1 unspecified atom stereocenters. The summed E-state index contributed by atoms with van der Waals surface area (Å²) in [5.74, 6) is 1.53. The van der Waals surface area contributed by atoms with E-state index in [0.29, 0.717) is 11.6 Å². The Morgan fingerprint density at radius 1 is 1.26 bits per heavy atom. The largest absolute Gasteiger partial charge is 0.397 e. The lowest BCUT2D eigenvalue weighted by Gasteiger charge is -2.27. The molecule has 3 aromatic rings. The van der Waals surface area contributed by atoms with Crippen LogP contribution in [0.25, 0.3) is 10.8 Å². The third kappa shape index (κ3) is 1.58. The summed E-state index contributed by atoms with van der Waals surface area (Å²) in [6.45, 7) is 0. The molecule has 0 bridgehead atoms. The van der Waals surface area contributed by atoms with Gasteiger partial charge in [-0.1, -0.05) is 29.4 Å². The van der Waals surface area contributed by atoms with Gasteiger partial charge in [0.2, 0.25) is 0 Å². The topological polar surface area (TPSA) is 64.9 Å². The number of rotatable bonds is 2. The molecule has 4 nitrogen and oxygen atoms in total. The summed E-state index contributed by atoms with van der Waals surface area (Å²) in [6, 6.07) is 10.2. The fraction of sp³-hybridized carbons (Fsp3) is 0.143. The van der Waals surface area contributed by atoms with Crippen molar-refractivity contribution in [3.8, 4) is 10.8 Å². The van der Waals surface area contributed by atoms with Crippen molar-refractivity contribution >= 4 is 17.0 Å². The van der Waals surface area contributed by atoms with Crippen molar-refractivity contribution in [2.75, 3.05) is 5.73 Å². The monoisotopic (exact) mass is 269 g/mol. The first-order chi connectivity index (χ1) is 9.33. The van der Waals surface area contributed by atoms with Crippen LogP contribution in [0, 0.1) is 0 Å². The summed E-state index contributed by atoms with van der Waals surface area (Å²) < 4.78 is 5.33. The number of thiophene rings is 1. The van der Waals surface area contributed by atoms with Crippen LogP contribution in [0.3, 0.4) is 0 Å². The first-order valence-corrected chi connectivity index (χ1v) is 6.95. The van der Waals surface area contributed by atoms with Crippen LogP contribution in [-0.2, 0) is 6.42 Å². The molecule has 2 aromatic heterocycles. The van der Waals surface area contributed by atoms with E-state index < -0.39 is 0 Å². The summed E-state index contributed by atoms with van der Waals surface area (Å²) >= 11 is 1.52. The van der Waals surface area contributed by atoms with Crippen molar-refractivity contribution in [2.24, 2.45) is 0 Å². The van der Waals surface area contributed by atoms with E-state index in [9.17, 15) is 0 Å². The highest BCUT2D eigenvalue weighted by Gasteiger charge is 2.31. The van der Waals surface area contributed by atoms with Gasteiger partial charge in [-0.3, -0.25) is 0 Å². The highest BCUT2D eigenvalue weighted by molar-refractivity contribution is 7.14. The van der Waals surface area contributed by atoms with E-state index in [1.165, 1.54) is 22.5 Å². The SMILES string of the molecule is Nc1ccsc1-c1nc(C2Cc3ccccc32)no1. The smallest absolute Gasteiger partial charge is 0.270 e. The zero-order valence-electron chi connectivity index (χ0n) is 10.0. The summed E-state index contributed by atoms with van der Waals surface area (Å²) in [5.41, 5.74) is 9.22. The van der Waals surface area contributed by atoms with Crippen LogP contribution in [-0.4, -0.2) is 10.1 Å². The minimum absolute atomic E-state index is 0.259. The van der Waals surface area contributed by atoms with E-state index >= 15 is 0 Å². The quantitative estimate of drug-likeness (QED) is 0.776. The molecule has 1 aliphatic carbocycles. The number of fused-ring (bicyclic) bond motifs is 1. The summed E-state index contributed by atoms with van der Waals surface area (Å²) in [6.07, 6.45) is 0.981. The Morgan fingerprint density at radius 2 is 2.16 bits per heavy atom. The lowest BCUT2D eigenvalue weighted by molar-refractivity contribution is 0.417. The van der Waals surface area contributed by atoms with Gasteiger partial charge in [0.25, 0.3) is 5.89 Å². The molecule has 0 fully saturated rings. The van der Waals surface area contributed by atoms with Gasteiger partial charge >= 0.3 is 0 Å². The Labute approximate surface area is 113 Å². The molecular formula is C14H11N3OS. The lowest BCUT2D eigenvalue weighted by Crippen LogP contribution is -2.19. The predicted molar refractivity (Wildman–Crippen MR) is 74.0 cm³/mol. The van der Waals surface area contributed by atoms with Gasteiger partial charge in [-0.25, -0.2) is 0 Å². The molecule has 0 saturated carbocycles. The van der Waals surface area contributed by atoms with Gasteiger partial charge in [-0.05, 0) is 29.0 Å². The van der Waals surface area contributed by atoms with Crippen LogP contribution < -0.4 is 5.73 Å². The van der Waals surface area contributed by atoms with Gasteiger partial charge < -0.3 is 10.3 Å². The van der Waals surface area contributed by atoms with Crippen LogP contribution in [0.1, 0.15) is 22.9 Å². The maximum atomic E-state index is 5.86. The Balaban J connectivity index is 1.69. The standard InChI is InChI=1S/C14H11N3OS/c15-11-5-6-19-12(11)14-16-13(17-18-14)10-7-8-3-1-2-4-9(8)10/h1-6,10H,7,15H2. The molecule has 1 aliphatic rings. The maximum Gasteiger partial charge on any atom is 0.270 e. The van der Waals surface area contributed by atoms with Crippen LogP contribution >= 0.6 is 11.3 Å². The average molecular weight is 269 g/mol. The summed E-state index contributed by atoms with van der Waals surface area (Å²) in [5, 5.41) is 6.02. The molecule has 2 N–H and O–H groups in total. The van der Waals surface area contributed by atoms with Crippen molar-refractivity contribution < 1.29 is 4.52 Å². The van der Waals surface area contributed by atoms with Gasteiger partial charge in [0, 0.05) is 0 Å². The fourth-order valence-electron chi connectivity index (χ4n) is 2.45. The van der Waals surface area contributed by atoms with Crippen LogP contribution in [0.4, 0.5) is 5.69 Å². The minimum Gasteiger partial charge on any atom is -0.397 e. The first kappa shape index (κ1) is 10.8. The number of nitrogens with zero attached hydrogens (tertiary/aromatic N) is 2. The van der Waals surface area contributed by atoms with Gasteiger partial charge in [0.15, 0.2) is 5.82 Å². The van der Waals surface area contributed by atoms with Crippen molar-refractivity contribution in [1.29, 1.82) is 0 Å². The molecule has 94 valence electrons. The number of benzene rings is 1. The highest BCUT2D eigenvalue weighted by atomic mass is 32.1. The van der Waals surface area contributed by atoms with E-state index in [4.69, 9.17) is 10.3 Å². The fourth-order valence-corrected chi connectivity index (χ4v) is 3.19. The van der Waals surface area contributed by atoms with Crippen molar-refractivity contribution in [1.82, 2.24) is 10.1 Å². The van der Waals surface area contributed by atoms with Crippen LogP contribution in [0.5, 0.6) is 0 Å². The van der Waals surface area contributed by atoms with E-state index in [-0.39, 0.29) is 5.92 Å². The first-order valence-electron chi connectivity index (χ1n) is 6.07. The molecule has 1 atom stereocenters. The minimum atomic E-state index is 0.259. The van der Waals surface area contributed by atoms with Crippen molar-refractivity contribution in [3.05, 3.63) is 52.7 Å². The molecule has 0 amide bonds. The molecule has 4 rings (SSSR count). The number of hydrogen-bond acceptors (Lipinski definition) is 5. The Bertz CT molecular complexity index is 746. The van der Waals surface area contributed by atoms with Gasteiger partial charge in [0.05, 0.1) is 11.6 Å². The van der Waals surface area contributed by atoms with E-state index in [0.717, 1.165) is 17.1 Å². The second-order valence-electron chi connectivity index (χ2n) is 4.62. The number of nitrogen functional groups attached to an aromatic ring is 1. The van der Waals surface area contributed by atoms with Gasteiger partial charge in [0.1, 0.15) is 4.88 Å². The van der Waals surface area contributed by atoms with E-state index in [1.807, 2.05) is 17.5 Å². The third-order valence-electron chi connectivity index (χ3n) is 3.50. The number of aromatic nitrogens is 2. The Kier molecular flexibility index (Phi) is 2.22. The van der Waals surface area contributed by atoms with Crippen molar-refractivity contribution in [3.63, 3.8) is 0 Å². The molecule has 5 heteroatoms. The normalized spacial score (nSPS) is 16.9. The molecule has 0 radical (unpaired) electrons. The molecule has 1 aromatic carbocycles. The van der Waals surface area contributed by atoms with Crippen LogP contribution in [0.2, 0.25) is 0 Å². The Hall–Kier alpha value is -2.14. The maximum absolute atomic E-state index is 5.86. The van der Waals surface area contributed by atoms with Crippen LogP contribution in [0.15, 0.2) is 40.2 Å². The zero-order chi connectivity index (χ0) is 12.8. The second-order valence-corrected chi connectivity index (χ2v) is 5.53. The summed E-state index contributed by atoms with van der Waals surface area (Å²) in [7, 11) is 0. The lowest BCUT2D eigenvalue weighted by atomic mass is 9.77. The molecular weight excluding hydrogens is 258 g/mol. The van der Waals surface area contributed by atoms with Gasteiger partial charge in [-0.2, -0.15) is 4.98 Å². The Morgan fingerprint density at radius 3 is 2.95 bits per heavy atom. The second kappa shape index (κ2) is 3.93. The molecule has 19 heavy (non-hydrogen) atoms.